The fourth-order valence-corrected chi connectivity index (χ4v) is 2.94. The number of hydrogen-bond donors (Lipinski definition) is 1. The van der Waals surface area contributed by atoms with Crippen molar-refractivity contribution in [2.45, 2.75) is 13.0 Å². The highest BCUT2D eigenvalue weighted by molar-refractivity contribution is 9.10. The van der Waals surface area contributed by atoms with E-state index in [0.29, 0.717) is 13.2 Å². The number of halogens is 1. The van der Waals surface area contributed by atoms with Gasteiger partial charge in [0.05, 0.1) is 13.2 Å². The van der Waals surface area contributed by atoms with Crippen LogP contribution in [0.4, 0.5) is 5.69 Å². The Morgan fingerprint density at radius 2 is 2.06 bits per heavy atom. The molecule has 0 radical (unpaired) electrons. The van der Waals surface area contributed by atoms with Gasteiger partial charge in [0, 0.05) is 15.0 Å². The number of nitrogen functional groups attached to an aromatic ring is 1. The third-order valence-electron chi connectivity index (χ3n) is 2.50. The minimum Gasteiger partial charge on any atom is -0.399 e. The Morgan fingerprint density at radius 3 is 2.76 bits per heavy atom. The maximum Gasteiger partial charge on any atom is 0.0820 e. The molecule has 90 valence electrons. The van der Waals surface area contributed by atoms with Crippen molar-refractivity contribution in [2.75, 3.05) is 12.3 Å². The van der Waals surface area contributed by atoms with E-state index < -0.39 is 0 Å². The van der Waals surface area contributed by atoms with Gasteiger partial charge in [-0.1, -0.05) is 18.2 Å². The van der Waals surface area contributed by atoms with Crippen LogP contribution in [0.1, 0.15) is 10.4 Å². The van der Waals surface area contributed by atoms with E-state index in [1.165, 1.54) is 4.88 Å². The molecule has 0 amide bonds. The van der Waals surface area contributed by atoms with Crippen molar-refractivity contribution < 1.29 is 4.74 Å². The first-order valence-electron chi connectivity index (χ1n) is 5.40. The molecule has 2 aromatic rings. The molecular formula is C13H14BrNOS. The molecule has 0 spiro atoms. The van der Waals surface area contributed by atoms with Crippen LogP contribution in [-0.2, 0) is 17.8 Å². The minimum absolute atomic E-state index is 0.658. The molecule has 0 atom stereocenters. The molecule has 0 fully saturated rings. The molecule has 1 heterocycles. The van der Waals surface area contributed by atoms with Crippen LogP contribution in [0.15, 0.2) is 40.2 Å². The van der Waals surface area contributed by atoms with E-state index >= 15 is 0 Å². The summed E-state index contributed by atoms with van der Waals surface area (Å²) < 4.78 is 6.77. The fourth-order valence-electron chi connectivity index (χ4n) is 1.54. The zero-order valence-corrected chi connectivity index (χ0v) is 11.8. The Kier molecular flexibility index (Phi) is 4.59. The highest BCUT2D eigenvalue weighted by atomic mass is 79.9. The van der Waals surface area contributed by atoms with E-state index in [9.17, 15) is 0 Å². The van der Waals surface area contributed by atoms with Crippen molar-refractivity contribution in [1.82, 2.24) is 0 Å². The summed E-state index contributed by atoms with van der Waals surface area (Å²) in [6.45, 7) is 1.35. The molecule has 2 rings (SSSR count). The van der Waals surface area contributed by atoms with Gasteiger partial charge in [0.25, 0.3) is 0 Å². The Balaban J connectivity index is 1.77. The van der Waals surface area contributed by atoms with Crippen LogP contribution in [0, 0.1) is 0 Å². The largest absolute Gasteiger partial charge is 0.399 e. The van der Waals surface area contributed by atoms with Crippen LogP contribution in [-0.4, -0.2) is 6.61 Å². The van der Waals surface area contributed by atoms with Crippen molar-refractivity contribution in [1.29, 1.82) is 0 Å². The molecule has 1 aromatic carbocycles. The SMILES string of the molecule is Nc1ccccc1CCOCc1sccc1Br. The van der Waals surface area contributed by atoms with E-state index in [4.69, 9.17) is 10.5 Å². The van der Waals surface area contributed by atoms with Gasteiger partial charge < -0.3 is 10.5 Å². The van der Waals surface area contributed by atoms with Crippen LogP contribution < -0.4 is 5.73 Å². The Labute approximate surface area is 114 Å². The summed E-state index contributed by atoms with van der Waals surface area (Å²) in [6, 6.07) is 9.95. The van der Waals surface area contributed by atoms with Crippen LogP contribution in [0.2, 0.25) is 0 Å². The monoisotopic (exact) mass is 311 g/mol. The topological polar surface area (TPSA) is 35.2 Å². The van der Waals surface area contributed by atoms with Gasteiger partial charge in [-0.3, -0.25) is 0 Å². The van der Waals surface area contributed by atoms with E-state index in [1.54, 1.807) is 11.3 Å². The zero-order valence-electron chi connectivity index (χ0n) is 9.36. The lowest BCUT2D eigenvalue weighted by Gasteiger charge is -2.06. The summed E-state index contributed by atoms with van der Waals surface area (Å²) in [7, 11) is 0. The molecule has 2 N–H and O–H groups in total. The Hall–Kier alpha value is -0.840. The van der Waals surface area contributed by atoms with Gasteiger partial charge in [-0.05, 0) is 45.4 Å². The first-order valence-corrected chi connectivity index (χ1v) is 7.07. The van der Waals surface area contributed by atoms with Crippen molar-refractivity contribution in [3.63, 3.8) is 0 Å². The van der Waals surface area contributed by atoms with Crippen molar-refractivity contribution in [2.24, 2.45) is 0 Å². The second kappa shape index (κ2) is 6.19. The lowest BCUT2D eigenvalue weighted by molar-refractivity contribution is 0.125. The fraction of sp³-hybridized carbons (Fsp3) is 0.231. The van der Waals surface area contributed by atoms with Gasteiger partial charge >= 0.3 is 0 Å². The summed E-state index contributed by atoms with van der Waals surface area (Å²) in [5, 5.41) is 2.05. The second-order valence-corrected chi connectivity index (χ2v) is 5.55. The normalized spacial score (nSPS) is 10.6. The molecule has 0 aliphatic carbocycles. The molecule has 4 heteroatoms. The first kappa shape index (κ1) is 12.6. The number of ether oxygens (including phenoxy) is 1. The molecule has 17 heavy (non-hydrogen) atoms. The number of benzene rings is 1. The molecular weight excluding hydrogens is 298 g/mol. The van der Waals surface area contributed by atoms with Gasteiger partial charge in [0.2, 0.25) is 0 Å². The highest BCUT2D eigenvalue weighted by Gasteiger charge is 2.02. The van der Waals surface area contributed by atoms with Crippen molar-refractivity contribution >= 4 is 33.0 Å². The van der Waals surface area contributed by atoms with Gasteiger partial charge in [0.15, 0.2) is 0 Å². The van der Waals surface area contributed by atoms with E-state index in [1.807, 2.05) is 30.3 Å². The summed E-state index contributed by atoms with van der Waals surface area (Å²) in [6.07, 6.45) is 0.857. The quantitative estimate of drug-likeness (QED) is 0.672. The summed E-state index contributed by atoms with van der Waals surface area (Å²) in [5.74, 6) is 0. The van der Waals surface area contributed by atoms with Crippen LogP contribution in [0.3, 0.4) is 0 Å². The summed E-state index contributed by atoms with van der Waals surface area (Å²) in [4.78, 5) is 1.23. The molecule has 0 aliphatic heterocycles. The molecule has 1 aromatic heterocycles. The van der Waals surface area contributed by atoms with Gasteiger partial charge in [0.1, 0.15) is 0 Å². The third-order valence-corrected chi connectivity index (χ3v) is 4.39. The standard InChI is InChI=1S/C13H14BrNOS/c14-11-6-8-17-13(11)9-16-7-5-10-3-1-2-4-12(10)15/h1-4,6,8H,5,7,9,15H2. The third kappa shape index (κ3) is 3.56. The van der Waals surface area contributed by atoms with Gasteiger partial charge in [-0.25, -0.2) is 0 Å². The van der Waals surface area contributed by atoms with Gasteiger partial charge in [-0.2, -0.15) is 0 Å². The molecule has 0 bridgehead atoms. The Bertz CT molecular complexity index is 484. The maximum atomic E-state index is 5.86. The number of nitrogens with two attached hydrogens (primary N) is 1. The molecule has 0 saturated carbocycles. The lowest BCUT2D eigenvalue weighted by Crippen LogP contribution is -2.01. The van der Waals surface area contributed by atoms with Crippen molar-refractivity contribution in [3.8, 4) is 0 Å². The van der Waals surface area contributed by atoms with Crippen molar-refractivity contribution in [3.05, 3.63) is 50.6 Å². The van der Waals surface area contributed by atoms with E-state index in [-0.39, 0.29) is 0 Å². The zero-order chi connectivity index (χ0) is 12.1. The number of hydrogen-bond acceptors (Lipinski definition) is 3. The average Bonchev–Trinajstić information content (AvgIpc) is 2.73. The number of para-hydroxylation sites is 1. The molecule has 0 unspecified atom stereocenters. The number of anilines is 1. The van der Waals surface area contributed by atoms with Crippen LogP contribution in [0.5, 0.6) is 0 Å². The summed E-state index contributed by atoms with van der Waals surface area (Å²) >= 11 is 5.19. The average molecular weight is 312 g/mol. The second-order valence-electron chi connectivity index (χ2n) is 3.69. The highest BCUT2D eigenvalue weighted by Crippen LogP contribution is 2.23. The lowest BCUT2D eigenvalue weighted by atomic mass is 10.1. The molecule has 0 saturated heterocycles. The minimum atomic E-state index is 0.658. The van der Waals surface area contributed by atoms with Crippen LogP contribution >= 0.6 is 27.3 Å². The van der Waals surface area contributed by atoms with Gasteiger partial charge in [-0.15, -0.1) is 11.3 Å². The molecule has 0 aliphatic rings. The van der Waals surface area contributed by atoms with E-state index in [0.717, 1.165) is 22.1 Å². The predicted molar refractivity (Wildman–Crippen MR) is 76.2 cm³/mol. The Morgan fingerprint density at radius 1 is 1.24 bits per heavy atom. The predicted octanol–water partition coefficient (Wildman–Crippen LogP) is 3.85. The van der Waals surface area contributed by atoms with Crippen LogP contribution in [0.25, 0.3) is 0 Å². The first-order chi connectivity index (χ1) is 8.27. The summed E-state index contributed by atoms with van der Waals surface area (Å²) in [5.41, 5.74) is 7.85. The number of thiophene rings is 1. The number of rotatable bonds is 5. The van der Waals surface area contributed by atoms with E-state index in [2.05, 4.69) is 21.3 Å². The molecule has 2 nitrogen and oxygen atoms in total. The smallest absolute Gasteiger partial charge is 0.0820 e. The maximum absolute atomic E-state index is 5.86.